The van der Waals surface area contributed by atoms with E-state index in [2.05, 4.69) is 23.3 Å². The molecule has 1 saturated heterocycles. The van der Waals surface area contributed by atoms with E-state index in [1.54, 1.807) is 0 Å². The van der Waals surface area contributed by atoms with Crippen molar-refractivity contribution < 1.29 is 9.53 Å². The molecule has 3 rings (SSSR count). The molecule has 0 bridgehead atoms. The van der Waals surface area contributed by atoms with Gasteiger partial charge in [0.1, 0.15) is 0 Å². The molecule has 0 atom stereocenters. The summed E-state index contributed by atoms with van der Waals surface area (Å²) in [5.74, 6) is 0.145. The highest BCUT2D eigenvalue weighted by atomic mass is 16.5. The highest BCUT2D eigenvalue weighted by Crippen LogP contribution is 2.34. The molecule has 0 radical (unpaired) electrons. The summed E-state index contributed by atoms with van der Waals surface area (Å²) in [5, 5.41) is 4.19. The average molecular weight is 298 g/mol. The summed E-state index contributed by atoms with van der Waals surface area (Å²) >= 11 is 0. The summed E-state index contributed by atoms with van der Waals surface area (Å²) in [6.45, 7) is 3.97. The SMILES string of the molecule is CCC1(C(=O)NCc2cnc3ccccc3c2)CCOCC1. The van der Waals surface area contributed by atoms with E-state index >= 15 is 0 Å². The van der Waals surface area contributed by atoms with Crippen LogP contribution in [-0.2, 0) is 16.1 Å². The summed E-state index contributed by atoms with van der Waals surface area (Å²) in [5.41, 5.74) is 1.75. The molecule has 1 aliphatic rings. The smallest absolute Gasteiger partial charge is 0.226 e. The minimum atomic E-state index is -0.261. The fourth-order valence-electron chi connectivity index (χ4n) is 3.09. The standard InChI is InChI=1S/C18H22N2O2/c1-2-18(7-9-22-10-8-18)17(21)20-13-14-11-15-5-3-4-6-16(15)19-12-14/h3-6,11-12H,2,7-10,13H2,1H3,(H,20,21). The number of hydrogen-bond acceptors (Lipinski definition) is 3. The second-order valence-electron chi connectivity index (χ2n) is 5.97. The van der Waals surface area contributed by atoms with Gasteiger partial charge in [-0.25, -0.2) is 0 Å². The number of rotatable bonds is 4. The Labute approximate surface area is 130 Å². The van der Waals surface area contributed by atoms with Crippen molar-refractivity contribution in [1.29, 1.82) is 0 Å². The van der Waals surface area contributed by atoms with Gasteiger partial charge in [0.2, 0.25) is 5.91 Å². The monoisotopic (exact) mass is 298 g/mol. The third-order valence-corrected chi connectivity index (χ3v) is 4.71. The summed E-state index contributed by atoms with van der Waals surface area (Å²) < 4.78 is 5.40. The molecule has 1 aromatic heterocycles. The van der Waals surface area contributed by atoms with Crippen LogP contribution in [0, 0.1) is 5.41 Å². The van der Waals surface area contributed by atoms with E-state index in [0.717, 1.165) is 35.7 Å². The molecule has 2 aromatic rings. The van der Waals surface area contributed by atoms with Gasteiger partial charge in [-0.1, -0.05) is 25.1 Å². The maximum atomic E-state index is 12.6. The number of carbonyl (C=O) groups excluding carboxylic acids is 1. The number of nitrogens with zero attached hydrogens (tertiary/aromatic N) is 1. The zero-order valence-electron chi connectivity index (χ0n) is 13.0. The van der Waals surface area contributed by atoms with Crippen LogP contribution >= 0.6 is 0 Å². The van der Waals surface area contributed by atoms with Crippen molar-refractivity contribution in [3.63, 3.8) is 0 Å². The van der Waals surface area contributed by atoms with E-state index in [4.69, 9.17) is 4.74 Å². The Morgan fingerprint density at radius 2 is 2.09 bits per heavy atom. The predicted molar refractivity (Wildman–Crippen MR) is 86.4 cm³/mol. The van der Waals surface area contributed by atoms with Gasteiger partial charge in [-0.3, -0.25) is 9.78 Å². The number of aromatic nitrogens is 1. The molecule has 4 heteroatoms. The number of nitrogens with one attached hydrogen (secondary N) is 1. The lowest BCUT2D eigenvalue weighted by Gasteiger charge is -2.34. The largest absolute Gasteiger partial charge is 0.381 e. The number of fused-ring (bicyclic) bond motifs is 1. The molecule has 4 nitrogen and oxygen atoms in total. The van der Waals surface area contributed by atoms with Crippen LogP contribution in [0.4, 0.5) is 0 Å². The molecule has 0 unspecified atom stereocenters. The Morgan fingerprint density at radius 3 is 2.86 bits per heavy atom. The topological polar surface area (TPSA) is 51.2 Å². The van der Waals surface area contributed by atoms with Gasteiger partial charge in [0.05, 0.1) is 10.9 Å². The van der Waals surface area contributed by atoms with Gasteiger partial charge in [0.15, 0.2) is 0 Å². The third-order valence-electron chi connectivity index (χ3n) is 4.71. The maximum Gasteiger partial charge on any atom is 0.226 e. The molecular formula is C18H22N2O2. The van der Waals surface area contributed by atoms with Crippen molar-refractivity contribution in [2.24, 2.45) is 5.41 Å². The summed E-state index contributed by atoms with van der Waals surface area (Å²) in [4.78, 5) is 17.0. The van der Waals surface area contributed by atoms with Crippen molar-refractivity contribution in [1.82, 2.24) is 10.3 Å². The van der Waals surface area contributed by atoms with Gasteiger partial charge in [-0.2, -0.15) is 0 Å². The lowest BCUT2D eigenvalue weighted by atomic mass is 9.77. The van der Waals surface area contributed by atoms with Gasteiger partial charge in [-0.15, -0.1) is 0 Å². The number of hydrogen-bond donors (Lipinski definition) is 1. The van der Waals surface area contributed by atoms with Gasteiger partial charge >= 0.3 is 0 Å². The number of para-hydroxylation sites is 1. The maximum absolute atomic E-state index is 12.6. The molecule has 0 aliphatic carbocycles. The summed E-state index contributed by atoms with van der Waals surface area (Å²) in [7, 11) is 0. The Bertz CT molecular complexity index is 663. The second kappa shape index (κ2) is 6.44. The molecule has 0 saturated carbocycles. The van der Waals surface area contributed by atoms with Crippen LogP contribution in [0.25, 0.3) is 10.9 Å². The molecule has 22 heavy (non-hydrogen) atoms. The molecular weight excluding hydrogens is 276 g/mol. The minimum absolute atomic E-state index is 0.145. The number of carbonyl (C=O) groups is 1. The first kappa shape index (κ1) is 15.0. The molecule has 1 fully saturated rings. The van der Waals surface area contributed by atoms with Gasteiger partial charge in [0, 0.05) is 31.3 Å². The Morgan fingerprint density at radius 1 is 1.32 bits per heavy atom. The van der Waals surface area contributed by atoms with E-state index in [0.29, 0.717) is 19.8 Å². The van der Waals surface area contributed by atoms with Crippen LogP contribution in [0.3, 0.4) is 0 Å². The lowest BCUT2D eigenvalue weighted by Crippen LogP contribution is -2.44. The Hall–Kier alpha value is -1.94. The average Bonchev–Trinajstić information content (AvgIpc) is 2.60. The molecule has 1 amide bonds. The first-order chi connectivity index (χ1) is 10.7. The molecule has 116 valence electrons. The van der Waals surface area contributed by atoms with E-state index in [1.165, 1.54) is 0 Å². The lowest BCUT2D eigenvalue weighted by molar-refractivity contribution is -0.137. The van der Waals surface area contributed by atoms with Crippen LogP contribution in [0.1, 0.15) is 31.7 Å². The minimum Gasteiger partial charge on any atom is -0.381 e. The quantitative estimate of drug-likeness (QED) is 0.944. The van der Waals surface area contributed by atoms with Crippen LogP contribution in [-0.4, -0.2) is 24.1 Å². The van der Waals surface area contributed by atoms with Crippen molar-refractivity contribution in [2.45, 2.75) is 32.7 Å². The molecule has 1 aromatic carbocycles. The highest BCUT2D eigenvalue weighted by Gasteiger charge is 2.37. The van der Waals surface area contributed by atoms with Gasteiger partial charge in [-0.05, 0) is 37.0 Å². The van der Waals surface area contributed by atoms with Crippen molar-refractivity contribution in [3.05, 3.63) is 42.1 Å². The number of ether oxygens (including phenoxy) is 1. The van der Waals surface area contributed by atoms with E-state index in [-0.39, 0.29) is 11.3 Å². The van der Waals surface area contributed by atoms with Crippen molar-refractivity contribution in [2.75, 3.05) is 13.2 Å². The Kier molecular flexibility index (Phi) is 4.39. The fourth-order valence-corrected chi connectivity index (χ4v) is 3.09. The third kappa shape index (κ3) is 2.97. The molecule has 1 aliphatic heterocycles. The summed E-state index contributed by atoms with van der Waals surface area (Å²) in [6.07, 6.45) is 4.32. The van der Waals surface area contributed by atoms with Crippen LogP contribution in [0.2, 0.25) is 0 Å². The molecule has 1 N–H and O–H groups in total. The number of pyridine rings is 1. The number of amides is 1. The van der Waals surface area contributed by atoms with Crippen LogP contribution in [0.5, 0.6) is 0 Å². The zero-order chi connectivity index (χ0) is 15.4. The molecule has 2 heterocycles. The van der Waals surface area contributed by atoms with Gasteiger partial charge in [0.25, 0.3) is 0 Å². The fraction of sp³-hybridized carbons (Fsp3) is 0.444. The van der Waals surface area contributed by atoms with E-state index in [9.17, 15) is 4.79 Å². The second-order valence-corrected chi connectivity index (χ2v) is 5.97. The number of benzene rings is 1. The van der Waals surface area contributed by atoms with Crippen LogP contribution < -0.4 is 5.32 Å². The highest BCUT2D eigenvalue weighted by molar-refractivity contribution is 5.83. The Balaban J connectivity index is 1.68. The van der Waals surface area contributed by atoms with Gasteiger partial charge < -0.3 is 10.1 Å². The zero-order valence-corrected chi connectivity index (χ0v) is 13.0. The van der Waals surface area contributed by atoms with E-state index < -0.39 is 0 Å². The normalized spacial score (nSPS) is 17.3. The van der Waals surface area contributed by atoms with Crippen molar-refractivity contribution >= 4 is 16.8 Å². The van der Waals surface area contributed by atoms with E-state index in [1.807, 2.05) is 30.5 Å². The first-order valence-electron chi connectivity index (χ1n) is 7.93. The predicted octanol–water partition coefficient (Wildman–Crippen LogP) is 3.06. The summed E-state index contributed by atoms with van der Waals surface area (Å²) in [6, 6.07) is 10.1. The van der Waals surface area contributed by atoms with Crippen molar-refractivity contribution in [3.8, 4) is 0 Å². The first-order valence-corrected chi connectivity index (χ1v) is 7.93. The van der Waals surface area contributed by atoms with Crippen LogP contribution in [0.15, 0.2) is 36.5 Å². The molecule has 0 spiro atoms.